The van der Waals surface area contributed by atoms with Crippen molar-refractivity contribution in [2.24, 2.45) is 11.8 Å². The summed E-state index contributed by atoms with van der Waals surface area (Å²) in [5, 5.41) is 6.63. The van der Waals surface area contributed by atoms with Gasteiger partial charge in [-0.2, -0.15) is 0 Å². The van der Waals surface area contributed by atoms with E-state index < -0.39 is 0 Å². The summed E-state index contributed by atoms with van der Waals surface area (Å²) >= 11 is 0. The lowest BCUT2D eigenvalue weighted by Crippen LogP contribution is -2.57. The first-order valence-corrected chi connectivity index (χ1v) is 7.53. The number of rotatable bonds is 4. The van der Waals surface area contributed by atoms with Gasteiger partial charge in [0.05, 0.1) is 0 Å². The maximum atomic E-state index is 12.0. The topological polar surface area (TPSA) is 44.4 Å². The van der Waals surface area contributed by atoms with E-state index in [1.54, 1.807) is 0 Å². The Morgan fingerprint density at radius 1 is 1.28 bits per heavy atom. The van der Waals surface area contributed by atoms with Crippen molar-refractivity contribution in [3.05, 3.63) is 0 Å². The van der Waals surface area contributed by atoms with Gasteiger partial charge in [-0.25, -0.2) is 0 Å². The summed E-state index contributed by atoms with van der Waals surface area (Å²) < 4.78 is 0. The van der Waals surface area contributed by atoms with Gasteiger partial charge in [0, 0.05) is 19.0 Å². The maximum absolute atomic E-state index is 12.0. The van der Waals surface area contributed by atoms with Crippen LogP contribution in [0.4, 0.5) is 0 Å². The molecule has 4 nitrogen and oxygen atoms in total. The van der Waals surface area contributed by atoms with Gasteiger partial charge in [0.2, 0.25) is 5.91 Å². The molecule has 2 atom stereocenters. The van der Waals surface area contributed by atoms with E-state index in [4.69, 9.17) is 0 Å². The summed E-state index contributed by atoms with van der Waals surface area (Å²) in [5.74, 6) is 1.75. The van der Waals surface area contributed by atoms with Crippen LogP contribution in [0.3, 0.4) is 0 Å². The number of nitrogens with one attached hydrogen (secondary N) is 2. The average molecular weight is 251 g/mol. The Kier molecular flexibility index (Phi) is 3.85. The summed E-state index contributed by atoms with van der Waals surface area (Å²) in [6, 6.07) is 0.432. The molecule has 18 heavy (non-hydrogen) atoms. The molecule has 4 rings (SSSR count). The summed E-state index contributed by atoms with van der Waals surface area (Å²) in [4.78, 5) is 14.5. The molecule has 0 aromatic carbocycles. The zero-order valence-corrected chi connectivity index (χ0v) is 11.2. The molecule has 2 bridgehead atoms. The van der Waals surface area contributed by atoms with E-state index >= 15 is 0 Å². The molecule has 4 heteroatoms. The molecular formula is C14H25N3O. The van der Waals surface area contributed by atoms with Gasteiger partial charge in [0.15, 0.2) is 0 Å². The zero-order chi connectivity index (χ0) is 12.4. The Balaban J connectivity index is 1.40. The lowest BCUT2D eigenvalue weighted by molar-refractivity contribution is -0.123. The van der Waals surface area contributed by atoms with E-state index in [2.05, 4.69) is 15.5 Å². The third-order valence-corrected chi connectivity index (χ3v) is 4.94. The van der Waals surface area contributed by atoms with Crippen LogP contribution in [0.25, 0.3) is 0 Å². The largest absolute Gasteiger partial charge is 0.352 e. The number of piperidine rings is 3. The molecule has 4 saturated heterocycles. The molecule has 102 valence electrons. The van der Waals surface area contributed by atoms with Crippen LogP contribution in [-0.2, 0) is 4.79 Å². The highest BCUT2D eigenvalue weighted by Crippen LogP contribution is 2.27. The second-order valence-corrected chi connectivity index (χ2v) is 6.21. The summed E-state index contributed by atoms with van der Waals surface area (Å²) in [6.07, 6.45) is 5.57. The van der Waals surface area contributed by atoms with E-state index in [-0.39, 0.29) is 5.91 Å². The van der Waals surface area contributed by atoms with Gasteiger partial charge in [-0.15, -0.1) is 0 Å². The van der Waals surface area contributed by atoms with Crippen LogP contribution in [-0.4, -0.2) is 49.6 Å². The van der Waals surface area contributed by atoms with Crippen molar-refractivity contribution in [3.8, 4) is 0 Å². The average Bonchev–Trinajstić information content (AvgIpc) is 2.91. The summed E-state index contributed by atoms with van der Waals surface area (Å²) in [6.45, 7) is 5.80. The molecule has 0 radical (unpaired) electrons. The van der Waals surface area contributed by atoms with Crippen molar-refractivity contribution in [2.45, 2.75) is 38.1 Å². The number of fused-ring (bicyclic) bond motifs is 3. The molecule has 1 amide bonds. The quantitative estimate of drug-likeness (QED) is 0.768. The minimum atomic E-state index is 0.278. The minimum absolute atomic E-state index is 0.278. The van der Waals surface area contributed by atoms with Gasteiger partial charge < -0.3 is 15.5 Å². The van der Waals surface area contributed by atoms with Crippen LogP contribution in [0, 0.1) is 11.8 Å². The highest BCUT2D eigenvalue weighted by Gasteiger charge is 2.34. The maximum Gasteiger partial charge on any atom is 0.220 e. The van der Waals surface area contributed by atoms with Crippen molar-refractivity contribution in [2.75, 3.05) is 32.7 Å². The molecule has 2 unspecified atom stereocenters. The van der Waals surface area contributed by atoms with Gasteiger partial charge in [-0.3, -0.25) is 4.79 Å². The predicted octanol–water partition coefficient (Wildman–Crippen LogP) is 0.587. The zero-order valence-electron chi connectivity index (χ0n) is 11.2. The van der Waals surface area contributed by atoms with E-state index in [9.17, 15) is 4.79 Å². The smallest absolute Gasteiger partial charge is 0.220 e. The third-order valence-electron chi connectivity index (χ3n) is 4.94. The van der Waals surface area contributed by atoms with Gasteiger partial charge >= 0.3 is 0 Å². The van der Waals surface area contributed by atoms with Gasteiger partial charge in [-0.05, 0) is 63.7 Å². The SMILES string of the molecule is O=C(CCC1CCNC1)NC1CN2CCC1CC2. The van der Waals surface area contributed by atoms with Crippen LogP contribution in [0.2, 0.25) is 0 Å². The number of nitrogens with zero attached hydrogens (tertiary/aromatic N) is 1. The molecule has 0 aromatic heterocycles. The first-order valence-electron chi connectivity index (χ1n) is 7.53. The Hall–Kier alpha value is -0.610. The van der Waals surface area contributed by atoms with E-state index in [0.717, 1.165) is 44.3 Å². The Morgan fingerprint density at radius 2 is 2.11 bits per heavy atom. The second kappa shape index (κ2) is 5.57. The minimum Gasteiger partial charge on any atom is -0.352 e. The fourth-order valence-corrected chi connectivity index (χ4v) is 3.70. The molecule has 4 aliphatic heterocycles. The standard InChI is InChI=1S/C14H25N3O/c18-14(2-1-11-3-6-15-9-11)16-13-10-17-7-4-12(13)5-8-17/h11-13,15H,1-10H2,(H,16,18). The van der Waals surface area contributed by atoms with E-state index in [1.165, 1.54) is 32.4 Å². The first-order chi connectivity index (χ1) is 8.81. The second-order valence-electron chi connectivity index (χ2n) is 6.21. The molecule has 2 N–H and O–H groups in total. The third kappa shape index (κ3) is 2.86. The fraction of sp³-hybridized carbons (Fsp3) is 0.929. The highest BCUT2D eigenvalue weighted by molar-refractivity contribution is 5.76. The number of carbonyl (C=O) groups is 1. The number of hydrogen-bond donors (Lipinski definition) is 2. The number of carbonyl (C=O) groups excluding carboxylic acids is 1. The number of amides is 1. The van der Waals surface area contributed by atoms with Gasteiger partial charge in [0.25, 0.3) is 0 Å². The Bertz CT molecular complexity index is 293. The van der Waals surface area contributed by atoms with Crippen LogP contribution in [0.15, 0.2) is 0 Å². The Morgan fingerprint density at radius 3 is 2.72 bits per heavy atom. The summed E-state index contributed by atoms with van der Waals surface area (Å²) in [7, 11) is 0. The molecular weight excluding hydrogens is 226 g/mol. The molecule has 0 aromatic rings. The molecule has 0 saturated carbocycles. The van der Waals surface area contributed by atoms with E-state index in [0.29, 0.717) is 6.04 Å². The summed E-state index contributed by atoms with van der Waals surface area (Å²) in [5.41, 5.74) is 0. The van der Waals surface area contributed by atoms with Crippen molar-refractivity contribution >= 4 is 5.91 Å². The van der Waals surface area contributed by atoms with Gasteiger partial charge in [-0.1, -0.05) is 0 Å². The van der Waals surface area contributed by atoms with Gasteiger partial charge in [0.1, 0.15) is 0 Å². The van der Waals surface area contributed by atoms with E-state index in [1.807, 2.05) is 0 Å². The molecule has 4 aliphatic rings. The van der Waals surface area contributed by atoms with Crippen LogP contribution >= 0.6 is 0 Å². The Labute approximate surface area is 109 Å². The highest BCUT2D eigenvalue weighted by atomic mass is 16.1. The fourth-order valence-electron chi connectivity index (χ4n) is 3.70. The monoisotopic (exact) mass is 251 g/mol. The lowest BCUT2D eigenvalue weighted by atomic mass is 9.84. The first kappa shape index (κ1) is 12.4. The van der Waals surface area contributed by atoms with Crippen molar-refractivity contribution in [3.63, 3.8) is 0 Å². The van der Waals surface area contributed by atoms with Crippen molar-refractivity contribution in [1.29, 1.82) is 0 Å². The molecule has 0 spiro atoms. The predicted molar refractivity (Wildman–Crippen MR) is 71.3 cm³/mol. The van der Waals surface area contributed by atoms with Crippen LogP contribution in [0.1, 0.15) is 32.1 Å². The molecule has 4 fully saturated rings. The van der Waals surface area contributed by atoms with Crippen LogP contribution in [0.5, 0.6) is 0 Å². The van der Waals surface area contributed by atoms with Crippen LogP contribution < -0.4 is 10.6 Å². The molecule has 0 aliphatic carbocycles. The lowest BCUT2D eigenvalue weighted by Gasteiger charge is -2.45. The molecule has 4 heterocycles. The van der Waals surface area contributed by atoms with Crippen molar-refractivity contribution < 1.29 is 4.79 Å². The van der Waals surface area contributed by atoms with Crippen molar-refractivity contribution in [1.82, 2.24) is 15.5 Å². The normalized spacial score (nSPS) is 38.9. The number of hydrogen-bond acceptors (Lipinski definition) is 3.